The summed E-state index contributed by atoms with van der Waals surface area (Å²) in [6.07, 6.45) is 1.71. The van der Waals surface area contributed by atoms with Crippen molar-refractivity contribution in [1.29, 1.82) is 0 Å². The van der Waals surface area contributed by atoms with Gasteiger partial charge in [0.15, 0.2) is 0 Å². The normalized spacial score (nSPS) is 10.6. The SMILES string of the molecule is CCNc1nccc2c(Br)cc(F)cc12. The number of rotatable bonds is 2. The summed E-state index contributed by atoms with van der Waals surface area (Å²) in [6, 6.07) is 4.81. The summed E-state index contributed by atoms with van der Waals surface area (Å²) in [7, 11) is 0. The number of pyridine rings is 1. The van der Waals surface area contributed by atoms with E-state index in [1.165, 1.54) is 12.1 Å². The molecule has 0 unspecified atom stereocenters. The lowest BCUT2D eigenvalue weighted by Crippen LogP contribution is -1.99. The van der Waals surface area contributed by atoms with Crippen LogP contribution in [-0.4, -0.2) is 11.5 Å². The van der Waals surface area contributed by atoms with E-state index in [2.05, 4.69) is 26.2 Å². The van der Waals surface area contributed by atoms with Crippen LogP contribution in [0.3, 0.4) is 0 Å². The molecule has 0 saturated carbocycles. The first kappa shape index (κ1) is 10.4. The molecule has 1 heterocycles. The van der Waals surface area contributed by atoms with Crippen LogP contribution in [0.2, 0.25) is 0 Å². The van der Waals surface area contributed by atoms with E-state index in [4.69, 9.17) is 0 Å². The van der Waals surface area contributed by atoms with Gasteiger partial charge in [0.25, 0.3) is 0 Å². The molecule has 2 aromatic rings. The van der Waals surface area contributed by atoms with Crippen molar-refractivity contribution in [1.82, 2.24) is 4.98 Å². The smallest absolute Gasteiger partial charge is 0.133 e. The van der Waals surface area contributed by atoms with Crippen LogP contribution in [0.15, 0.2) is 28.9 Å². The van der Waals surface area contributed by atoms with Crippen LogP contribution in [-0.2, 0) is 0 Å². The Balaban J connectivity index is 2.73. The summed E-state index contributed by atoms with van der Waals surface area (Å²) in [6.45, 7) is 2.75. The average Bonchev–Trinajstić information content (AvgIpc) is 2.19. The van der Waals surface area contributed by atoms with Crippen molar-refractivity contribution in [2.75, 3.05) is 11.9 Å². The third-order valence-electron chi connectivity index (χ3n) is 2.14. The first-order chi connectivity index (χ1) is 7.22. The van der Waals surface area contributed by atoms with Crippen LogP contribution < -0.4 is 5.32 Å². The molecule has 0 aliphatic rings. The maximum Gasteiger partial charge on any atom is 0.133 e. The number of anilines is 1. The summed E-state index contributed by atoms with van der Waals surface area (Å²) in [5, 5.41) is 4.86. The predicted molar refractivity (Wildman–Crippen MR) is 63.6 cm³/mol. The van der Waals surface area contributed by atoms with Crippen LogP contribution in [0.25, 0.3) is 10.8 Å². The van der Waals surface area contributed by atoms with Crippen molar-refractivity contribution >= 4 is 32.5 Å². The molecule has 1 aromatic carbocycles. The summed E-state index contributed by atoms with van der Waals surface area (Å²) in [5.41, 5.74) is 0. The van der Waals surface area contributed by atoms with E-state index < -0.39 is 0 Å². The highest BCUT2D eigenvalue weighted by Gasteiger charge is 2.06. The van der Waals surface area contributed by atoms with Gasteiger partial charge < -0.3 is 5.32 Å². The predicted octanol–water partition coefficient (Wildman–Crippen LogP) is 3.57. The van der Waals surface area contributed by atoms with E-state index in [1.807, 2.05) is 13.0 Å². The zero-order valence-corrected chi connectivity index (χ0v) is 9.81. The van der Waals surface area contributed by atoms with Gasteiger partial charge in [0.2, 0.25) is 0 Å². The molecule has 0 saturated heterocycles. The standard InChI is InChI=1S/C11H10BrFN2/c1-2-14-11-9-5-7(13)6-10(12)8(9)3-4-15-11/h3-6H,2H2,1H3,(H,14,15). The number of fused-ring (bicyclic) bond motifs is 1. The highest BCUT2D eigenvalue weighted by Crippen LogP contribution is 2.28. The minimum atomic E-state index is -0.262. The minimum Gasteiger partial charge on any atom is -0.370 e. The molecule has 0 atom stereocenters. The summed E-state index contributed by atoms with van der Waals surface area (Å²) >= 11 is 3.34. The Labute approximate surface area is 95.6 Å². The van der Waals surface area contributed by atoms with Crippen molar-refractivity contribution in [3.05, 3.63) is 34.7 Å². The fraction of sp³-hybridized carbons (Fsp3) is 0.182. The molecule has 78 valence electrons. The van der Waals surface area contributed by atoms with Gasteiger partial charge in [-0.2, -0.15) is 0 Å². The Kier molecular flexibility index (Phi) is 2.86. The van der Waals surface area contributed by atoms with Crippen LogP contribution in [0.4, 0.5) is 10.2 Å². The third kappa shape index (κ3) is 1.95. The average molecular weight is 269 g/mol. The van der Waals surface area contributed by atoms with Crippen LogP contribution >= 0.6 is 15.9 Å². The minimum absolute atomic E-state index is 0.262. The highest BCUT2D eigenvalue weighted by atomic mass is 79.9. The molecule has 15 heavy (non-hydrogen) atoms. The Morgan fingerprint density at radius 1 is 1.40 bits per heavy atom. The molecule has 1 N–H and O–H groups in total. The Morgan fingerprint density at radius 2 is 2.20 bits per heavy atom. The second kappa shape index (κ2) is 4.14. The van der Waals surface area contributed by atoms with Gasteiger partial charge in [-0.15, -0.1) is 0 Å². The zero-order valence-electron chi connectivity index (χ0n) is 8.22. The fourth-order valence-electron chi connectivity index (χ4n) is 1.51. The van der Waals surface area contributed by atoms with Gasteiger partial charge in [-0.25, -0.2) is 9.37 Å². The molecule has 0 radical (unpaired) electrons. The largest absolute Gasteiger partial charge is 0.370 e. The molecule has 1 aromatic heterocycles. The van der Waals surface area contributed by atoms with Crippen molar-refractivity contribution < 1.29 is 4.39 Å². The number of hydrogen-bond donors (Lipinski definition) is 1. The topological polar surface area (TPSA) is 24.9 Å². The number of nitrogens with one attached hydrogen (secondary N) is 1. The van der Waals surface area contributed by atoms with E-state index in [0.717, 1.165) is 27.6 Å². The van der Waals surface area contributed by atoms with Gasteiger partial charge in [0.1, 0.15) is 11.6 Å². The summed E-state index contributed by atoms with van der Waals surface area (Å²) in [4.78, 5) is 4.18. The summed E-state index contributed by atoms with van der Waals surface area (Å²) < 4.78 is 14.0. The van der Waals surface area contributed by atoms with Crippen molar-refractivity contribution in [2.24, 2.45) is 0 Å². The monoisotopic (exact) mass is 268 g/mol. The van der Waals surface area contributed by atoms with Crippen molar-refractivity contribution in [3.8, 4) is 0 Å². The van der Waals surface area contributed by atoms with E-state index in [9.17, 15) is 4.39 Å². The molecular weight excluding hydrogens is 259 g/mol. The molecule has 2 nitrogen and oxygen atoms in total. The molecule has 2 rings (SSSR count). The van der Waals surface area contributed by atoms with Gasteiger partial charge in [0, 0.05) is 28.0 Å². The van der Waals surface area contributed by atoms with Gasteiger partial charge in [0.05, 0.1) is 0 Å². The van der Waals surface area contributed by atoms with E-state index in [0.29, 0.717) is 0 Å². The van der Waals surface area contributed by atoms with E-state index >= 15 is 0 Å². The number of halogens is 2. The molecule has 0 spiro atoms. The van der Waals surface area contributed by atoms with Crippen molar-refractivity contribution in [2.45, 2.75) is 6.92 Å². The Hall–Kier alpha value is -1.16. The van der Waals surface area contributed by atoms with Crippen molar-refractivity contribution in [3.63, 3.8) is 0 Å². The number of hydrogen-bond acceptors (Lipinski definition) is 2. The van der Waals surface area contributed by atoms with Gasteiger partial charge in [-0.3, -0.25) is 0 Å². The van der Waals surface area contributed by atoms with Gasteiger partial charge >= 0.3 is 0 Å². The Bertz CT molecular complexity index is 499. The molecule has 0 aliphatic carbocycles. The second-order valence-electron chi connectivity index (χ2n) is 3.17. The lowest BCUT2D eigenvalue weighted by Gasteiger charge is -2.07. The molecule has 0 bridgehead atoms. The second-order valence-corrected chi connectivity index (χ2v) is 4.03. The first-order valence-electron chi connectivity index (χ1n) is 4.70. The van der Waals surface area contributed by atoms with Crippen LogP contribution in [0.1, 0.15) is 6.92 Å². The quantitative estimate of drug-likeness (QED) is 0.901. The lowest BCUT2D eigenvalue weighted by molar-refractivity contribution is 0.629. The molecule has 0 amide bonds. The van der Waals surface area contributed by atoms with Crippen LogP contribution in [0, 0.1) is 5.82 Å². The van der Waals surface area contributed by atoms with E-state index in [-0.39, 0.29) is 5.82 Å². The summed E-state index contributed by atoms with van der Waals surface area (Å²) in [5.74, 6) is 0.455. The number of aromatic nitrogens is 1. The van der Waals surface area contributed by atoms with Crippen LogP contribution in [0.5, 0.6) is 0 Å². The van der Waals surface area contributed by atoms with Gasteiger partial charge in [-0.1, -0.05) is 15.9 Å². The fourth-order valence-corrected chi connectivity index (χ4v) is 2.08. The molecular formula is C11H10BrFN2. The third-order valence-corrected chi connectivity index (χ3v) is 2.79. The number of nitrogens with zero attached hydrogens (tertiary/aromatic N) is 1. The molecule has 4 heteroatoms. The molecule has 0 fully saturated rings. The molecule has 0 aliphatic heterocycles. The lowest BCUT2D eigenvalue weighted by atomic mass is 10.1. The maximum atomic E-state index is 13.2. The number of benzene rings is 1. The Morgan fingerprint density at radius 3 is 2.93 bits per heavy atom. The van der Waals surface area contributed by atoms with E-state index in [1.54, 1.807) is 6.20 Å². The highest BCUT2D eigenvalue weighted by molar-refractivity contribution is 9.10. The van der Waals surface area contributed by atoms with Gasteiger partial charge in [-0.05, 0) is 25.1 Å². The maximum absolute atomic E-state index is 13.2. The zero-order chi connectivity index (χ0) is 10.8. The first-order valence-corrected chi connectivity index (χ1v) is 5.49.